The third-order valence-corrected chi connectivity index (χ3v) is 4.40. The van der Waals surface area contributed by atoms with Crippen LogP contribution >= 0.6 is 22.9 Å². The van der Waals surface area contributed by atoms with Crippen LogP contribution in [0, 0.1) is 0 Å². The van der Waals surface area contributed by atoms with Gasteiger partial charge in [-0.05, 0) is 30.2 Å². The van der Waals surface area contributed by atoms with E-state index in [9.17, 15) is 13.2 Å². The highest BCUT2D eigenvalue weighted by Crippen LogP contribution is 2.41. The first-order valence-electron chi connectivity index (χ1n) is 5.76. The van der Waals surface area contributed by atoms with Gasteiger partial charge in [0.05, 0.1) is 5.56 Å². The normalized spacial score (nSPS) is 12.2. The molecule has 0 aliphatic carbocycles. The molecule has 2 rings (SSSR count). The second-order valence-electron chi connectivity index (χ2n) is 4.54. The topological polar surface area (TPSA) is 0 Å². The highest BCUT2D eigenvalue weighted by Gasteiger charge is 2.34. The first-order chi connectivity index (χ1) is 8.79. The van der Waals surface area contributed by atoms with Gasteiger partial charge in [-0.2, -0.15) is 13.2 Å². The largest absolute Gasteiger partial charge is 0.417 e. The molecule has 102 valence electrons. The summed E-state index contributed by atoms with van der Waals surface area (Å²) < 4.78 is 39.1. The first kappa shape index (κ1) is 14.4. The van der Waals surface area contributed by atoms with Crippen LogP contribution in [0.5, 0.6) is 0 Å². The van der Waals surface area contributed by atoms with Gasteiger partial charge in [0.25, 0.3) is 0 Å². The molecular weight excluding hydrogens is 293 g/mol. The fourth-order valence-electron chi connectivity index (χ4n) is 1.77. The van der Waals surface area contributed by atoms with E-state index in [1.807, 2.05) is 19.9 Å². The van der Waals surface area contributed by atoms with Gasteiger partial charge in [0.2, 0.25) is 0 Å². The molecule has 1 aromatic carbocycles. The van der Waals surface area contributed by atoms with E-state index in [1.165, 1.54) is 23.5 Å². The number of hydrogen-bond acceptors (Lipinski definition) is 1. The van der Waals surface area contributed by atoms with E-state index >= 15 is 0 Å². The van der Waals surface area contributed by atoms with Crippen LogP contribution in [0.1, 0.15) is 30.2 Å². The molecule has 0 nitrogen and oxygen atoms in total. The monoisotopic (exact) mass is 304 g/mol. The van der Waals surface area contributed by atoms with Crippen molar-refractivity contribution in [2.45, 2.75) is 25.9 Å². The molecule has 0 atom stereocenters. The van der Waals surface area contributed by atoms with Crippen LogP contribution < -0.4 is 0 Å². The fraction of sp³-hybridized carbons (Fsp3) is 0.286. The predicted octanol–water partition coefficient (Wildman–Crippen LogP) is 6.21. The quantitative estimate of drug-likeness (QED) is 0.618. The Hall–Kier alpha value is -1.00. The lowest BCUT2D eigenvalue weighted by Crippen LogP contribution is -2.06. The minimum atomic E-state index is -4.40. The third-order valence-electron chi connectivity index (χ3n) is 2.75. The molecule has 19 heavy (non-hydrogen) atoms. The van der Waals surface area contributed by atoms with Gasteiger partial charge in [-0.3, -0.25) is 0 Å². The lowest BCUT2D eigenvalue weighted by atomic mass is 10.1. The Morgan fingerprint density at radius 3 is 2.32 bits per heavy atom. The lowest BCUT2D eigenvalue weighted by Gasteiger charge is -2.12. The summed E-state index contributed by atoms with van der Waals surface area (Å²) in [7, 11) is 0. The Morgan fingerprint density at radius 1 is 1.11 bits per heavy atom. The van der Waals surface area contributed by atoms with Crippen LogP contribution in [-0.4, -0.2) is 0 Å². The molecule has 0 saturated carbocycles. The Labute approximate surface area is 118 Å². The number of hydrogen-bond donors (Lipinski definition) is 0. The van der Waals surface area contributed by atoms with Gasteiger partial charge in [-0.1, -0.05) is 31.5 Å². The summed E-state index contributed by atoms with van der Waals surface area (Å²) in [5.74, 6) is 0.306. The maximum Gasteiger partial charge on any atom is 0.417 e. The van der Waals surface area contributed by atoms with Crippen LogP contribution in [0.4, 0.5) is 13.2 Å². The molecule has 1 heterocycles. The molecule has 0 amide bonds. The number of benzene rings is 1. The van der Waals surface area contributed by atoms with Crippen LogP contribution in [0.3, 0.4) is 0 Å². The molecule has 1 aromatic heterocycles. The number of thiophene rings is 1. The number of alkyl halides is 3. The maximum absolute atomic E-state index is 13.0. The van der Waals surface area contributed by atoms with Gasteiger partial charge >= 0.3 is 6.18 Å². The zero-order valence-electron chi connectivity index (χ0n) is 10.4. The van der Waals surface area contributed by atoms with Gasteiger partial charge in [0.15, 0.2) is 0 Å². The molecule has 0 bridgehead atoms. The molecule has 0 fully saturated rings. The zero-order valence-corrected chi connectivity index (χ0v) is 12.0. The van der Waals surface area contributed by atoms with Crippen molar-refractivity contribution in [3.8, 4) is 10.4 Å². The molecule has 0 N–H and O–H groups in total. The Bertz CT molecular complexity index is 585. The standard InChI is InChI=1S/C14H12ClF3S/c1-8(2)12-5-6-13(19-12)10-4-3-9(15)7-11(10)14(16,17)18/h3-8H,1-2H3. The van der Waals surface area contributed by atoms with E-state index in [0.717, 1.165) is 10.9 Å². The SMILES string of the molecule is CC(C)c1ccc(-c2ccc(Cl)cc2C(F)(F)F)s1. The summed E-state index contributed by atoms with van der Waals surface area (Å²) in [6.45, 7) is 4.03. The van der Waals surface area contributed by atoms with Crippen molar-refractivity contribution < 1.29 is 13.2 Å². The fourth-order valence-corrected chi connectivity index (χ4v) is 3.00. The molecule has 0 radical (unpaired) electrons. The van der Waals surface area contributed by atoms with Crippen LogP contribution in [0.2, 0.25) is 5.02 Å². The van der Waals surface area contributed by atoms with E-state index in [0.29, 0.717) is 10.8 Å². The summed E-state index contributed by atoms with van der Waals surface area (Å²) in [5.41, 5.74) is -0.494. The van der Waals surface area contributed by atoms with Gasteiger partial charge in [0, 0.05) is 20.3 Å². The second kappa shape index (κ2) is 5.17. The van der Waals surface area contributed by atoms with E-state index in [1.54, 1.807) is 6.07 Å². The van der Waals surface area contributed by atoms with Crippen molar-refractivity contribution in [3.63, 3.8) is 0 Å². The number of rotatable bonds is 2. The van der Waals surface area contributed by atoms with Gasteiger partial charge in [-0.15, -0.1) is 11.3 Å². The van der Waals surface area contributed by atoms with Gasteiger partial charge in [-0.25, -0.2) is 0 Å². The predicted molar refractivity (Wildman–Crippen MR) is 73.9 cm³/mol. The molecule has 2 aromatic rings. The third kappa shape index (κ3) is 3.12. The van der Waals surface area contributed by atoms with E-state index < -0.39 is 11.7 Å². The van der Waals surface area contributed by atoms with Crippen molar-refractivity contribution in [2.75, 3.05) is 0 Å². The highest BCUT2D eigenvalue weighted by molar-refractivity contribution is 7.15. The van der Waals surface area contributed by atoms with E-state index in [4.69, 9.17) is 11.6 Å². The van der Waals surface area contributed by atoms with Crippen LogP contribution in [-0.2, 0) is 6.18 Å². The molecule has 0 aliphatic rings. The highest BCUT2D eigenvalue weighted by atomic mass is 35.5. The zero-order chi connectivity index (χ0) is 14.2. The Balaban J connectivity index is 2.55. The minimum Gasteiger partial charge on any atom is -0.166 e. The summed E-state index contributed by atoms with van der Waals surface area (Å²) >= 11 is 7.06. The van der Waals surface area contributed by atoms with Gasteiger partial charge in [0.1, 0.15) is 0 Å². The van der Waals surface area contributed by atoms with Gasteiger partial charge < -0.3 is 0 Å². The van der Waals surface area contributed by atoms with Crippen molar-refractivity contribution >= 4 is 22.9 Å². The Kier molecular flexibility index (Phi) is 3.92. The first-order valence-corrected chi connectivity index (χ1v) is 6.95. The van der Waals surface area contributed by atoms with E-state index in [2.05, 4.69) is 0 Å². The molecule has 5 heteroatoms. The molecule has 0 unspecified atom stereocenters. The average molecular weight is 305 g/mol. The lowest BCUT2D eigenvalue weighted by molar-refractivity contribution is -0.137. The van der Waals surface area contributed by atoms with Crippen LogP contribution in [0.15, 0.2) is 30.3 Å². The average Bonchev–Trinajstić information content (AvgIpc) is 2.77. The van der Waals surface area contributed by atoms with E-state index in [-0.39, 0.29) is 10.6 Å². The molecular formula is C14H12ClF3S. The van der Waals surface area contributed by atoms with Crippen LogP contribution in [0.25, 0.3) is 10.4 Å². The second-order valence-corrected chi connectivity index (χ2v) is 6.10. The molecule has 0 spiro atoms. The van der Waals surface area contributed by atoms with Crippen molar-refractivity contribution in [1.82, 2.24) is 0 Å². The van der Waals surface area contributed by atoms with Crippen molar-refractivity contribution in [3.05, 3.63) is 45.8 Å². The van der Waals surface area contributed by atoms with Crippen molar-refractivity contribution in [2.24, 2.45) is 0 Å². The summed E-state index contributed by atoms with van der Waals surface area (Å²) in [6.07, 6.45) is -4.40. The minimum absolute atomic E-state index is 0.0942. The summed E-state index contributed by atoms with van der Waals surface area (Å²) in [4.78, 5) is 1.69. The summed E-state index contributed by atoms with van der Waals surface area (Å²) in [5, 5.41) is 0.0942. The molecule has 0 aliphatic heterocycles. The maximum atomic E-state index is 13.0. The number of halogens is 4. The Morgan fingerprint density at radius 2 is 1.79 bits per heavy atom. The van der Waals surface area contributed by atoms with Crippen molar-refractivity contribution in [1.29, 1.82) is 0 Å². The molecule has 0 saturated heterocycles. The summed E-state index contributed by atoms with van der Waals surface area (Å²) in [6, 6.07) is 7.51. The smallest absolute Gasteiger partial charge is 0.166 e.